The molecule has 1 rings (SSSR count). The van der Waals surface area contributed by atoms with Crippen molar-refractivity contribution in [3.05, 3.63) is 0 Å². The van der Waals surface area contributed by atoms with E-state index in [1.165, 1.54) is 44.9 Å². The Morgan fingerprint density at radius 1 is 1.11 bits per heavy atom. The molecule has 0 aromatic carbocycles. The number of rotatable bonds is 7. The van der Waals surface area contributed by atoms with Gasteiger partial charge in [-0.05, 0) is 19.3 Å². The minimum absolute atomic E-state index is 0.127. The van der Waals surface area contributed by atoms with Crippen molar-refractivity contribution < 1.29 is 9.53 Å². The van der Waals surface area contributed by atoms with Crippen LogP contribution in [-0.2, 0) is 4.74 Å². The van der Waals surface area contributed by atoms with E-state index in [0.717, 1.165) is 19.3 Å². The predicted octanol–water partition coefficient (Wildman–Crippen LogP) is 4.36. The van der Waals surface area contributed by atoms with Gasteiger partial charge in [-0.15, -0.1) is 0 Å². The van der Waals surface area contributed by atoms with Gasteiger partial charge in [0.15, 0.2) is 0 Å². The van der Waals surface area contributed by atoms with E-state index >= 15 is 0 Å². The lowest BCUT2D eigenvalue weighted by Gasteiger charge is -2.30. The maximum atomic E-state index is 11.8. The number of nitrogens with zero attached hydrogens (tertiary/aromatic N) is 1. The molecule has 1 saturated carbocycles. The van der Waals surface area contributed by atoms with Crippen LogP contribution in [0.3, 0.4) is 0 Å². The van der Waals surface area contributed by atoms with Crippen molar-refractivity contribution in [2.24, 2.45) is 0 Å². The fraction of sp³-hybridized carbons (Fsp3) is 0.933. The Morgan fingerprint density at radius 2 is 1.78 bits per heavy atom. The van der Waals surface area contributed by atoms with E-state index in [2.05, 4.69) is 6.92 Å². The molecule has 1 aliphatic carbocycles. The van der Waals surface area contributed by atoms with Crippen LogP contribution in [0.5, 0.6) is 0 Å². The molecule has 18 heavy (non-hydrogen) atoms. The van der Waals surface area contributed by atoms with Gasteiger partial charge in [0.1, 0.15) is 0 Å². The molecule has 0 atom stereocenters. The van der Waals surface area contributed by atoms with Gasteiger partial charge in [-0.3, -0.25) is 0 Å². The molecule has 0 aromatic heterocycles. The maximum absolute atomic E-state index is 11.8. The Bertz CT molecular complexity index is 225. The van der Waals surface area contributed by atoms with Gasteiger partial charge in [-0.25, -0.2) is 4.79 Å². The van der Waals surface area contributed by atoms with E-state index in [1.807, 2.05) is 11.9 Å². The zero-order chi connectivity index (χ0) is 13.2. The molecule has 0 aliphatic heterocycles. The molecular weight excluding hydrogens is 226 g/mol. The number of unbranched alkanes of at least 4 members (excludes halogenated alkanes) is 4. The first kappa shape index (κ1) is 15.3. The van der Waals surface area contributed by atoms with E-state index in [9.17, 15) is 4.79 Å². The van der Waals surface area contributed by atoms with Gasteiger partial charge in [-0.1, -0.05) is 51.9 Å². The topological polar surface area (TPSA) is 29.5 Å². The summed E-state index contributed by atoms with van der Waals surface area (Å²) in [5.41, 5.74) is 0. The second-order valence-corrected chi connectivity index (χ2v) is 5.43. The summed E-state index contributed by atoms with van der Waals surface area (Å²) >= 11 is 0. The molecule has 1 aliphatic rings. The second kappa shape index (κ2) is 9.23. The van der Waals surface area contributed by atoms with Crippen molar-refractivity contribution in [2.75, 3.05) is 13.7 Å². The zero-order valence-corrected chi connectivity index (χ0v) is 12.1. The van der Waals surface area contributed by atoms with E-state index in [0.29, 0.717) is 12.6 Å². The van der Waals surface area contributed by atoms with Crippen LogP contribution in [0.25, 0.3) is 0 Å². The minimum atomic E-state index is -0.127. The van der Waals surface area contributed by atoms with Crippen LogP contribution in [0.4, 0.5) is 4.79 Å². The van der Waals surface area contributed by atoms with E-state index in [1.54, 1.807) is 0 Å². The molecule has 0 unspecified atom stereocenters. The first-order valence-corrected chi connectivity index (χ1v) is 7.65. The van der Waals surface area contributed by atoms with Gasteiger partial charge < -0.3 is 9.64 Å². The largest absolute Gasteiger partial charge is 0.449 e. The number of ether oxygens (including phenoxy) is 1. The molecule has 1 fully saturated rings. The van der Waals surface area contributed by atoms with Crippen LogP contribution >= 0.6 is 0 Å². The summed E-state index contributed by atoms with van der Waals surface area (Å²) in [5, 5.41) is 0. The Kier molecular flexibility index (Phi) is 7.86. The third-order valence-electron chi connectivity index (χ3n) is 3.88. The molecule has 3 nitrogen and oxygen atoms in total. The molecule has 106 valence electrons. The normalized spacial score (nSPS) is 16.6. The average molecular weight is 255 g/mol. The molecular formula is C15H29NO2. The Hall–Kier alpha value is -0.730. The van der Waals surface area contributed by atoms with Crippen LogP contribution in [-0.4, -0.2) is 30.7 Å². The highest BCUT2D eigenvalue weighted by atomic mass is 16.6. The van der Waals surface area contributed by atoms with Gasteiger partial charge in [0, 0.05) is 13.1 Å². The summed E-state index contributed by atoms with van der Waals surface area (Å²) in [6.07, 6.45) is 11.9. The second-order valence-electron chi connectivity index (χ2n) is 5.43. The average Bonchev–Trinajstić information content (AvgIpc) is 2.42. The fourth-order valence-corrected chi connectivity index (χ4v) is 2.58. The molecule has 3 heteroatoms. The highest BCUT2D eigenvalue weighted by Crippen LogP contribution is 2.22. The SMILES string of the molecule is CCCCCCCOC(=O)N(C)C1CCCCC1. The van der Waals surface area contributed by atoms with Crippen molar-refractivity contribution in [1.82, 2.24) is 4.90 Å². The molecule has 0 N–H and O–H groups in total. The summed E-state index contributed by atoms with van der Waals surface area (Å²) in [5.74, 6) is 0. The quantitative estimate of drug-likeness (QED) is 0.633. The Labute approximate surface area is 112 Å². The number of hydrogen-bond donors (Lipinski definition) is 0. The smallest absolute Gasteiger partial charge is 0.409 e. The number of carbonyl (C=O) groups excluding carboxylic acids is 1. The molecule has 0 heterocycles. The van der Waals surface area contributed by atoms with Crippen LogP contribution in [0.15, 0.2) is 0 Å². The predicted molar refractivity (Wildman–Crippen MR) is 74.7 cm³/mol. The number of carbonyl (C=O) groups is 1. The first-order valence-electron chi connectivity index (χ1n) is 7.65. The monoisotopic (exact) mass is 255 g/mol. The third-order valence-corrected chi connectivity index (χ3v) is 3.88. The van der Waals surface area contributed by atoms with Crippen molar-refractivity contribution in [3.8, 4) is 0 Å². The van der Waals surface area contributed by atoms with Crippen LogP contribution in [0.1, 0.15) is 71.1 Å². The number of amides is 1. The Balaban J connectivity index is 2.07. The maximum Gasteiger partial charge on any atom is 0.409 e. The van der Waals surface area contributed by atoms with Crippen molar-refractivity contribution in [2.45, 2.75) is 77.2 Å². The summed E-state index contributed by atoms with van der Waals surface area (Å²) < 4.78 is 5.32. The van der Waals surface area contributed by atoms with Gasteiger partial charge in [-0.2, -0.15) is 0 Å². The molecule has 0 bridgehead atoms. The van der Waals surface area contributed by atoms with E-state index in [-0.39, 0.29) is 6.09 Å². The summed E-state index contributed by atoms with van der Waals surface area (Å²) in [6, 6.07) is 0.409. The fourth-order valence-electron chi connectivity index (χ4n) is 2.58. The van der Waals surface area contributed by atoms with Crippen LogP contribution in [0.2, 0.25) is 0 Å². The van der Waals surface area contributed by atoms with Gasteiger partial charge >= 0.3 is 6.09 Å². The molecule has 1 amide bonds. The molecule has 0 aromatic rings. The van der Waals surface area contributed by atoms with E-state index < -0.39 is 0 Å². The lowest BCUT2D eigenvalue weighted by atomic mass is 9.95. The number of hydrogen-bond acceptors (Lipinski definition) is 2. The highest BCUT2D eigenvalue weighted by Gasteiger charge is 2.22. The standard InChI is InChI=1S/C15H29NO2/c1-3-4-5-6-10-13-18-15(17)16(2)14-11-8-7-9-12-14/h14H,3-13H2,1-2H3. The first-order chi connectivity index (χ1) is 8.75. The zero-order valence-electron chi connectivity index (χ0n) is 12.1. The molecule has 0 spiro atoms. The highest BCUT2D eigenvalue weighted by molar-refractivity contribution is 5.67. The summed E-state index contributed by atoms with van der Waals surface area (Å²) in [6.45, 7) is 2.79. The molecule has 0 radical (unpaired) electrons. The lowest BCUT2D eigenvalue weighted by Crippen LogP contribution is -2.38. The van der Waals surface area contributed by atoms with Crippen LogP contribution in [0, 0.1) is 0 Å². The molecule has 0 saturated heterocycles. The van der Waals surface area contributed by atoms with Crippen molar-refractivity contribution in [3.63, 3.8) is 0 Å². The van der Waals surface area contributed by atoms with Gasteiger partial charge in [0.05, 0.1) is 6.61 Å². The van der Waals surface area contributed by atoms with Gasteiger partial charge in [0.25, 0.3) is 0 Å². The van der Waals surface area contributed by atoms with Crippen molar-refractivity contribution in [1.29, 1.82) is 0 Å². The third kappa shape index (κ3) is 5.74. The van der Waals surface area contributed by atoms with Crippen molar-refractivity contribution >= 4 is 6.09 Å². The Morgan fingerprint density at radius 3 is 2.44 bits per heavy atom. The van der Waals surface area contributed by atoms with Gasteiger partial charge in [0.2, 0.25) is 0 Å². The van der Waals surface area contributed by atoms with Crippen LogP contribution < -0.4 is 0 Å². The lowest BCUT2D eigenvalue weighted by molar-refractivity contribution is 0.0875. The summed E-state index contributed by atoms with van der Waals surface area (Å²) in [7, 11) is 1.88. The van der Waals surface area contributed by atoms with E-state index in [4.69, 9.17) is 4.74 Å². The minimum Gasteiger partial charge on any atom is -0.449 e. The summed E-state index contributed by atoms with van der Waals surface area (Å²) in [4.78, 5) is 13.6.